The van der Waals surface area contributed by atoms with Crippen LogP contribution in [0.3, 0.4) is 0 Å². The molecule has 0 fully saturated rings. The average molecular weight is 211 g/mol. The van der Waals surface area contributed by atoms with E-state index < -0.39 is 24.9 Å². The number of carbonyl (C=O) groups is 1. The third kappa shape index (κ3) is 2.17. The van der Waals surface area contributed by atoms with E-state index in [0.717, 1.165) is 0 Å². The van der Waals surface area contributed by atoms with E-state index in [1.54, 1.807) is 0 Å². The second kappa shape index (κ2) is 3.54. The van der Waals surface area contributed by atoms with Crippen molar-refractivity contribution in [3.8, 4) is 6.26 Å². The van der Waals surface area contributed by atoms with Gasteiger partial charge in [0.2, 0.25) is 5.03 Å². The summed E-state index contributed by atoms with van der Waals surface area (Å²) in [6.45, 7) is 0. The van der Waals surface area contributed by atoms with E-state index in [4.69, 9.17) is 10.4 Å². The summed E-state index contributed by atoms with van der Waals surface area (Å²) < 4.78 is 19.8. The van der Waals surface area contributed by atoms with E-state index in [-0.39, 0.29) is 0 Å². The van der Waals surface area contributed by atoms with Gasteiger partial charge in [0.05, 0.1) is 0 Å². The predicted octanol–water partition coefficient (Wildman–Crippen LogP) is -1.10. The second-order valence-corrected chi connectivity index (χ2v) is 3.01. The summed E-state index contributed by atoms with van der Waals surface area (Å²) in [6, 6.07) is 0. The lowest BCUT2D eigenvalue weighted by molar-refractivity contribution is -0.685. The second-order valence-electron chi connectivity index (χ2n) is 1.40. The minimum absolute atomic E-state index is 0.652. The lowest BCUT2D eigenvalue weighted by Gasteiger charge is -2.03. The van der Waals surface area contributed by atoms with Crippen molar-refractivity contribution in [2.45, 2.75) is 0 Å². The van der Waals surface area contributed by atoms with Gasteiger partial charge >= 0.3 is 21.6 Å². The van der Waals surface area contributed by atoms with Gasteiger partial charge < -0.3 is 5.11 Å². The van der Waals surface area contributed by atoms with E-state index in [0.29, 0.717) is 6.26 Å². The molecule has 0 unspecified atom stereocenters. The number of nitriles is 1. The Morgan fingerprint density at radius 1 is 1.69 bits per heavy atom. The third-order valence-electron chi connectivity index (χ3n) is 0.679. The van der Waals surface area contributed by atoms with E-state index >= 15 is 0 Å². The maximum absolute atomic E-state index is 10.5. The van der Waals surface area contributed by atoms with Gasteiger partial charge in [-0.05, 0) is 0 Å². The van der Waals surface area contributed by atoms with Crippen molar-refractivity contribution in [1.29, 1.82) is 5.26 Å². The highest BCUT2D eigenvalue weighted by molar-refractivity contribution is 8.03. The molecule has 0 bridgehead atoms. The maximum atomic E-state index is 10.5. The van der Waals surface area contributed by atoms with E-state index in [2.05, 4.69) is 4.84 Å². The molecule has 0 rings (SSSR count). The monoisotopic (exact) mass is 211 g/mol. The molecule has 0 atom stereocenters. The molecule has 0 aliphatic heterocycles. The first-order chi connectivity index (χ1) is 5.84. The van der Waals surface area contributed by atoms with Crippen LogP contribution in [-0.4, -0.2) is 28.4 Å². The predicted molar refractivity (Wildman–Crippen MR) is 32.5 cm³/mol. The normalized spacial score (nSPS) is 9.77. The molecule has 10 nitrogen and oxygen atoms in total. The van der Waals surface area contributed by atoms with E-state index in [1.165, 1.54) is 0 Å². The van der Waals surface area contributed by atoms with Crippen LogP contribution in [0.4, 0.5) is 4.79 Å². The third-order valence-corrected chi connectivity index (χ3v) is 1.74. The number of nitro groups is 1. The van der Waals surface area contributed by atoms with Gasteiger partial charge in [0, 0.05) is 0 Å². The zero-order valence-corrected chi connectivity index (χ0v) is 6.46. The van der Waals surface area contributed by atoms with E-state index in [9.17, 15) is 23.3 Å². The van der Waals surface area contributed by atoms with Crippen molar-refractivity contribution in [1.82, 2.24) is 4.58 Å². The molecule has 1 N–H and O–H groups in total. The largest absolute Gasteiger partial charge is 0.468 e. The van der Waals surface area contributed by atoms with Crippen LogP contribution in [0.5, 0.6) is 0 Å². The maximum Gasteiger partial charge on any atom is 0.451 e. The lowest BCUT2D eigenvalue weighted by Crippen LogP contribution is -2.38. The Labute approximate surface area is 70.7 Å². The van der Waals surface area contributed by atoms with Crippen LogP contribution in [0.25, 0.3) is 0 Å². The topological polar surface area (TPSA) is 151 Å². The van der Waals surface area contributed by atoms with Crippen LogP contribution < -0.4 is 0 Å². The summed E-state index contributed by atoms with van der Waals surface area (Å²) in [7, 11) is -5.29. The molecule has 13 heavy (non-hydrogen) atoms. The summed E-state index contributed by atoms with van der Waals surface area (Å²) in [5, 5.41) is 21.4. The van der Waals surface area contributed by atoms with Gasteiger partial charge in [-0.3, -0.25) is 0 Å². The number of hydrogen-bond acceptors (Lipinski definition) is 7. The molecule has 11 heteroatoms. The molecule has 0 heterocycles. The quantitative estimate of drug-likeness (QED) is 0.350. The number of rotatable bonds is 3. The fourth-order valence-electron chi connectivity index (χ4n) is 0.272. The van der Waals surface area contributed by atoms with Gasteiger partial charge in [0.15, 0.2) is 4.58 Å². The van der Waals surface area contributed by atoms with Crippen molar-refractivity contribution in [3.05, 3.63) is 10.1 Å². The summed E-state index contributed by atoms with van der Waals surface area (Å²) in [5.74, 6) is 0. The molecule has 0 aromatic rings. The molecule has 0 aliphatic rings. The molecule has 72 valence electrons. The molecule has 0 aromatic carbocycles. The Kier molecular flexibility index (Phi) is 2.97. The molecule has 0 saturated carbocycles. The van der Waals surface area contributed by atoms with Crippen LogP contribution >= 0.6 is 0 Å². The smallest absolute Gasteiger partial charge is 0.451 e. The number of nitrogens with zero attached hydrogens (tertiary/aromatic N) is 3. The Hall–Kier alpha value is -2.09. The van der Waals surface area contributed by atoms with Crippen molar-refractivity contribution in [2.75, 3.05) is 0 Å². The van der Waals surface area contributed by atoms with Gasteiger partial charge in [-0.25, -0.2) is 19.7 Å². The Bertz CT molecular complexity index is 364. The summed E-state index contributed by atoms with van der Waals surface area (Å²) in [4.78, 5) is 23.1. The van der Waals surface area contributed by atoms with Gasteiger partial charge in [-0.2, -0.15) is 8.42 Å². The number of sulfonamides is 1. The van der Waals surface area contributed by atoms with Crippen molar-refractivity contribution in [3.63, 3.8) is 0 Å². The summed E-state index contributed by atoms with van der Waals surface area (Å²) in [5.41, 5.74) is 0. The number of hydrogen-bond donors (Lipinski definition) is 1. The van der Waals surface area contributed by atoms with Crippen LogP contribution in [-0.2, 0) is 14.9 Å². The van der Waals surface area contributed by atoms with Gasteiger partial charge in [0.1, 0.15) is 0 Å². The SMILES string of the molecule is N#CON([N+](=O)[O-])S(=O)(=O)C(=O)O. The lowest BCUT2D eigenvalue weighted by atomic mass is 11.6. The molecule has 0 amide bonds. The first-order valence-corrected chi connectivity index (χ1v) is 3.76. The minimum Gasteiger partial charge on any atom is -0.468 e. The summed E-state index contributed by atoms with van der Waals surface area (Å²) in [6.07, 6.45) is 0.652. The molecule has 0 saturated heterocycles. The van der Waals surface area contributed by atoms with Crippen LogP contribution in [0.1, 0.15) is 0 Å². The Morgan fingerprint density at radius 2 is 2.15 bits per heavy atom. The molecule has 0 radical (unpaired) electrons. The highest BCUT2D eigenvalue weighted by Crippen LogP contribution is 2.02. The van der Waals surface area contributed by atoms with Gasteiger partial charge in [-0.1, -0.05) is 0 Å². The highest BCUT2D eigenvalue weighted by Gasteiger charge is 2.41. The van der Waals surface area contributed by atoms with Crippen LogP contribution in [0.2, 0.25) is 0 Å². The molecule has 0 spiro atoms. The number of hydrazine groups is 1. The zero-order chi connectivity index (χ0) is 10.6. The first-order valence-electron chi connectivity index (χ1n) is 2.32. The van der Waals surface area contributed by atoms with Crippen molar-refractivity contribution < 1.29 is 28.2 Å². The zero-order valence-electron chi connectivity index (χ0n) is 5.65. The molecular weight excluding hydrogens is 210 g/mol. The molecular formula is C2HN3O7S. The van der Waals surface area contributed by atoms with E-state index in [1.807, 2.05) is 0 Å². The highest BCUT2D eigenvalue weighted by atomic mass is 32.2. The van der Waals surface area contributed by atoms with Crippen LogP contribution in [0, 0.1) is 21.6 Å². The fraction of sp³-hybridized carbons (Fsp3) is 0. The standard InChI is InChI=1S/C2HN3O7S/c3-1-12-5(4(8)9)13(10,11)2(6)7/h(H,6,7). The average Bonchev–Trinajstić information content (AvgIpc) is 1.98. The van der Waals surface area contributed by atoms with Crippen molar-refractivity contribution >= 4 is 15.3 Å². The number of carboxylic acid groups (broad SMARTS) is 1. The Morgan fingerprint density at radius 3 is 2.38 bits per heavy atom. The van der Waals surface area contributed by atoms with Crippen molar-refractivity contribution in [2.24, 2.45) is 0 Å². The summed E-state index contributed by atoms with van der Waals surface area (Å²) >= 11 is 0. The minimum atomic E-state index is -5.29. The Balaban J connectivity index is 5.10. The van der Waals surface area contributed by atoms with Gasteiger partial charge in [-0.15, -0.1) is 5.26 Å². The fourth-order valence-corrected chi connectivity index (χ4v) is 0.712. The first kappa shape index (κ1) is 10.9. The van der Waals surface area contributed by atoms with Gasteiger partial charge in [0.25, 0.3) is 0 Å². The molecule has 0 aromatic heterocycles. The van der Waals surface area contributed by atoms with Crippen LogP contribution in [0.15, 0.2) is 0 Å². The molecule has 0 aliphatic carbocycles.